The molecule has 1 aliphatic heterocycles. The Kier molecular flexibility index (Phi) is 3.38. The fraction of sp³-hybridized carbons (Fsp3) is 0.417. The van der Waals surface area contributed by atoms with Gasteiger partial charge in [-0.15, -0.1) is 0 Å². The molecule has 5 heteroatoms. The summed E-state index contributed by atoms with van der Waals surface area (Å²) in [6.45, 7) is 0.984. The molecule has 2 rings (SSSR count). The van der Waals surface area contributed by atoms with E-state index in [0.29, 0.717) is 18.7 Å². The lowest BCUT2D eigenvalue weighted by Crippen LogP contribution is -2.23. The highest BCUT2D eigenvalue weighted by Gasteiger charge is 2.35. The van der Waals surface area contributed by atoms with Crippen LogP contribution in [0.25, 0.3) is 0 Å². The molecule has 0 aromatic heterocycles. The molecular weight excluding hydrogens is 228 g/mol. The van der Waals surface area contributed by atoms with Crippen molar-refractivity contribution in [3.63, 3.8) is 0 Å². The van der Waals surface area contributed by atoms with Crippen LogP contribution in [-0.4, -0.2) is 26.2 Å². The standard InChI is InChI=1S/C12H13F2NO2/c1-17-12(16)11-6-15-5-10(11)7-2-8(13)4-9(14)3-7/h2-4,10-11,15H,5-6H2,1H3/t10-,11+/m0/s1. The van der Waals surface area contributed by atoms with Crippen LogP contribution >= 0.6 is 0 Å². The zero-order valence-electron chi connectivity index (χ0n) is 9.37. The van der Waals surface area contributed by atoms with Crippen molar-refractivity contribution < 1.29 is 18.3 Å². The third-order valence-electron chi connectivity index (χ3n) is 3.03. The summed E-state index contributed by atoms with van der Waals surface area (Å²) in [5.74, 6) is -2.25. The van der Waals surface area contributed by atoms with Crippen LogP contribution < -0.4 is 5.32 Å². The summed E-state index contributed by atoms with van der Waals surface area (Å²) in [5, 5.41) is 3.03. The van der Waals surface area contributed by atoms with Crippen LogP contribution in [0.15, 0.2) is 18.2 Å². The Balaban J connectivity index is 2.28. The summed E-state index contributed by atoms with van der Waals surface area (Å²) in [6.07, 6.45) is 0. The average Bonchev–Trinajstić information content (AvgIpc) is 2.75. The van der Waals surface area contributed by atoms with Gasteiger partial charge < -0.3 is 10.1 Å². The van der Waals surface area contributed by atoms with Crippen LogP contribution in [0.1, 0.15) is 11.5 Å². The van der Waals surface area contributed by atoms with Gasteiger partial charge in [0.1, 0.15) is 11.6 Å². The zero-order chi connectivity index (χ0) is 12.4. The molecule has 1 fully saturated rings. The highest BCUT2D eigenvalue weighted by Crippen LogP contribution is 2.29. The Labute approximate surface area is 97.8 Å². The first-order chi connectivity index (χ1) is 8.11. The van der Waals surface area contributed by atoms with Crippen molar-refractivity contribution in [3.8, 4) is 0 Å². The van der Waals surface area contributed by atoms with Gasteiger partial charge in [0, 0.05) is 25.1 Å². The molecule has 17 heavy (non-hydrogen) atoms. The molecular formula is C12H13F2NO2. The van der Waals surface area contributed by atoms with E-state index in [-0.39, 0.29) is 17.8 Å². The Morgan fingerprint density at radius 1 is 1.29 bits per heavy atom. The first-order valence-corrected chi connectivity index (χ1v) is 5.36. The van der Waals surface area contributed by atoms with Gasteiger partial charge in [0.2, 0.25) is 0 Å². The van der Waals surface area contributed by atoms with E-state index in [1.54, 1.807) is 0 Å². The van der Waals surface area contributed by atoms with Crippen LogP contribution in [0.3, 0.4) is 0 Å². The second kappa shape index (κ2) is 4.79. The number of nitrogens with one attached hydrogen (secondary N) is 1. The number of esters is 1. The Morgan fingerprint density at radius 2 is 1.94 bits per heavy atom. The van der Waals surface area contributed by atoms with E-state index in [4.69, 9.17) is 0 Å². The SMILES string of the molecule is COC(=O)[C@@H]1CNC[C@H]1c1cc(F)cc(F)c1. The lowest BCUT2D eigenvalue weighted by atomic mass is 9.89. The molecule has 1 aromatic carbocycles. The highest BCUT2D eigenvalue weighted by molar-refractivity contribution is 5.74. The minimum atomic E-state index is -0.629. The van der Waals surface area contributed by atoms with Crippen molar-refractivity contribution in [2.75, 3.05) is 20.2 Å². The fourth-order valence-electron chi connectivity index (χ4n) is 2.22. The second-order valence-corrected chi connectivity index (χ2v) is 4.10. The molecule has 1 aliphatic rings. The van der Waals surface area contributed by atoms with Gasteiger partial charge in [-0.3, -0.25) is 4.79 Å². The number of hydrogen-bond acceptors (Lipinski definition) is 3. The molecule has 1 saturated heterocycles. The summed E-state index contributed by atoms with van der Waals surface area (Å²) >= 11 is 0. The van der Waals surface area contributed by atoms with E-state index >= 15 is 0 Å². The van der Waals surface area contributed by atoms with Crippen molar-refractivity contribution in [3.05, 3.63) is 35.4 Å². The molecule has 1 heterocycles. The van der Waals surface area contributed by atoms with Crippen molar-refractivity contribution in [1.82, 2.24) is 5.32 Å². The molecule has 3 nitrogen and oxygen atoms in total. The van der Waals surface area contributed by atoms with Crippen LogP contribution in [-0.2, 0) is 9.53 Å². The molecule has 0 radical (unpaired) electrons. The Morgan fingerprint density at radius 3 is 2.53 bits per heavy atom. The third-order valence-corrected chi connectivity index (χ3v) is 3.03. The number of halogens is 2. The van der Waals surface area contributed by atoms with E-state index in [1.807, 2.05) is 0 Å². The number of carbonyl (C=O) groups excluding carboxylic acids is 1. The first-order valence-electron chi connectivity index (χ1n) is 5.36. The Hall–Kier alpha value is -1.49. The fourth-order valence-corrected chi connectivity index (χ4v) is 2.22. The lowest BCUT2D eigenvalue weighted by molar-refractivity contribution is -0.145. The van der Waals surface area contributed by atoms with E-state index in [2.05, 4.69) is 10.1 Å². The summed E-state index contributed by atoms with van der Waals surface area (Å²) in [7, 11) is 1.31. The predicted octanol–water partition coefficient (Wildman–Crippen LogP) is 1.44. The molecule has 0 spiro atoms. The van der Waals surface area contributed by atoms with Crippen LogP contribution in [0.2, 0.25) is 0 Å². The monoisotopic (exact) mass is 241 g/mol. The van der Waals surface area contributed by atoms with E-state index in [0.717, 1.165) is 6.07 Å². The summed E-state index contributed by atoms with van der Waals surface area (Å²) in [6, 6.07) is 3.34. The molecule has 1 N–H and O–H groups in total. The molecule has 1 aromatic rings. The number of methoxy groups -OCH3 is 1. The van der Waals surface area contributed by atoms with Gasteiger partial charge in [-0.25, -0.2) is 8.78 Å². The van der Waals surface area contributed by atoms with Crippen LogP contribution in [0, 0.1) is 17.6 Å². The van der Waals surface area contributed by atoms with E-state index in [9.17, 15) is 13.6 Å². The molecule has 0 aliphatic carbocycles. The number of ether oxygens (including phenoxy) is 1. The number of benzene rings is 1. The van der Waals surface area contributed by atoms with Gasteiger partial charge >= 0.3 is 5.97 Å². The lowest BCUT2D eigenvalue weighted by Gasteiger charge is -2.16. The summed E-state index contributed by atoms with van der Waals surface area (Å²) < 4.78 is 30.9. The zero-order valence-corrected chi connectivity index (χ0v) is 9.37. The summed E-state index contributed by atoms with van der Waals surface area (Å²) in [4.78, 5) is 11.5. The molecule has 0 unspecified atom stereocenters. The minimum Gasteiger partial charge on any atom is -0.469 e. The van der Waals surface area contributed by atoms with Gasteiger partial charge in [-0.2, -0.15) is 0 Å². The smallest absolute Gasteiger partial charge is 0.310 e. The summed E-state index contributed by atoms with van der Waals surface area (Å²) in [5.41, 5.74) is 0.489. The topological polar surface area (TPSA) is 38.3 Å². The second-order valence-electron chi connectivity index (χ2n) is 4.10. The van der Waals surface area contributed by atoms with Gasteiger partial charge in [0.05, 0.1) is 13.0 Å². The van der Waals surface area contributed by atoms with Crippen molar-refractivity contribution in [1.29, 1.82) is 0 Å². The molecule has 2 atom stereocenters. The van der Waals surface area contributed by atoms with Crippen molar-refractivity contribution >= 4 is 5.97 Å². The molecule has 0 bridgehead atoms. The van der Waals surface area contributed by atoms with Crippen LogP contribution in [0.4, 0.5) is 8.78 Å². The maximum atomic E-state index is 13.1. The number of carbonyl (C=O) groups is 1. The van der Waals surface area contributed by atoms with Gasteiger partial charge in [-0.1, -0.05) is 0 Å². The maximum Gasteiger partial charge on any atom is 0.310 e. The van der Waals surface area contributed by atoms with Crippen LogP contribution in [0.5, 0.6) is 0 Å². The first kappa shape index (κ1) is 12.0. The third kappa shape index (κ3) is 2.44. The van der Waals surface area contributed by atoms with Crippen molar-refractivity contribution in [2.45, 2.75) is 5.92 Å². The maximum absolute atomic E-state index is 13.1. The highest BCUT2D eigenvalue weighted by atomic mass is 19.1. The molecule has 0 amide bonds. The molecule has 0 saturated carbocycles. The average molecular weight is 241 g/mol. The minimum absolute atomic E-state index is 0.243. The van der Waals surface area contributed by atoms with E-state index in [1.165, 1.54) is 19.2 Å². The van der Waals surface area contributed by atoms with E-state index < -0.39 is 11.6 Å². The predicted molar refractivity (Wildman–Crippen MR) is 57.5 cm³/mol. The van der Waals surface area contributed by atoms with Gasteiger partial charge in [0.25, 0.3) is 0 Å². The number of rotatable bonds is 2. The van der Waals surface area contributed by atoms with Crippen molar-refractivity contribution in [2.24, 2.45) is 5.92 Å². The number of hydrogen-bond donors (Lipinski definition) is 1. The van der Waals surface area contributed by atoms with Gasteiger partial charge in [-0.05, 0) is 17.7 Å². The quantitative estimate of drug-likeness (QED) is 0.796. The molecule has 92 valence electrons. The Bertz CT molecular complexity index is 416. The largest absolute Gasteiger partial charge is 0.469 e. The normalized spacial score (nSPS) is 23.7. The van der Waals surface area contributed by atoms with Gasteiger partial charge in [0.15, 0.2) is 0 Å².